The Hall–Kier alpha value is -5.85. The van der Waals surface area contributed by atoms with Crippen molar-refractivity contribution < 1.29 is 28.7 Å². The van der Waals surface area contributed by atoms with Gasteiger partial charge in [-0.3, -0.25) is 28.5 Å². The summed E-state index contributed by atoms with van der Waals surface area (Å²) in [5, 5.41) is 16.9. The Morgan fingerprint density at radius 2 is 1.53 bits per heavy atom. The van der Waals surface area contributed by atoms with Crippen molar-refractivity contribution in [3.8, 4) is 16.9 Å². The SMILES string of the molecule is Cc1cc(CNC(=O)c2nc3n(c(=O)c2O)CC2(NC(=O)c4ccc(-c5ccccc5)cc4)CCC3(N(C)C(=O)C(=O)N(C)C)CC2)ccc1F. The second-order valence-electron chi connectivity index (χ2n) is 13.6. The number of aromatic nitrogens is 2. The van der Waals surface area contributed by atoms with Crippen LogP contribution in [-0.4, -0.2) is 74.8 Å². The van der Waals surface area contributed by atoms with Gasteiger partial charge in [0.1, 0.15) is 17.2 Å². The number of fused-ring (bicyclic) bond motifs is 2. The molecule has 0 saturated heterocycles. The van der Waals surface area contributed by atoms with E-state index in [1.54, 1.807) is 25.1 Å². The monoisotopic (exact) mass is 694 g/mol. The second-order valence-corrected chi connectivity index (χ2v) is 13.6. The molecule has 3 aromatic carbocycles. The molecule has 3 heterocycles. The Bertz CT molecular complexity index is 2090. The molecule has 4 amide bonds. The minimum absolute atomic E-state index is 0.0244. The topological polar surface area (TPSA) is 154 Å². The summed E-state index contributed by atoms with van der Waals surface area (Å²) < 4.78 is 15.0. The maximum absolute atomic E-state index is 14.0. The first-order valence-electron chi connectivity index (χ1n) is 16.6. The Labute approximate surface area is 293 Å². The van der Waals surface area contributed by atoms with E-state index < -0.39 is 51.6 Å². The van der Waals surface area contributed by atoms with Crippen molar-refractivity contribution >= 4 is 23.6 Å². The van der Waals surface area contributed by atoms with Gasteiger partial charge in [0.15, 0.2) is 5.69 Å². The summed E-state index contributed by atoms with van der Waals surface area (Å²) in [4.78, 5) is 74.5. The van der Waals surface area contributed by atoms with Crippen molar-refractivity contribution in [2.75, 3.05) is 21.1 Å². The molecule has 0 unspecified atom stereocenters. The van der Waals surface area contributed by atoms with E-state index in [4.69, 9.17) is 0 Å². The van der Waals surface area contributed by atoms with Crippen molar-refractivity contribution in [2.24, 2.45) is 0 Å². The van der Waals surface area contributed by atoms with E-state index in [1.807, 2.05) is 42.5 Å². The minimum atomic E-state index is -1.33. The smallest absolute Gasteiger partial charge is 0.312 e. The van der Waals surface area contributed by atoms with E-state index in [1.165, 1.54) is 42.7 Å². The molecule has 1 aromatic heterocycles. The fourth-order valence-electron chi connectivity index (χ4n) is 7.05. The normalized spacial score (nSPS) is 19.0. The summed E-state index contributed by atoms with van der Waals surface area (Å²) in [6, 6.07) is 21.2. The Balaban J connectivity index is 1.36. The fraction of sp³-hybridized carbons (Fsp3) is 0.316. The number of benzene rings is 3. The minimum Gasteiger partial charge on any atom is -0.501 e. The molecule has 2 bridgehead atoms. The molecule has 0 radical (unpaired) electrons. The zero-order chi connectivity index (χ0) is 36.7. The zero-order valence-electron chi connectivity index (χ0n) is 28.8. The van der Waals surface area contributed by atoms with Crippen LogP contribution < -0.4 is 16.2 Å². The lowest BCUT2D eigenvalue weighted by molar-refractivity contribution is -0.154. The van der Waals surface area contributed by atoms with Crippen LogP contribution in [0, 0.1) is 12.7 Å². The number of rotatable bonds is 7. The van der Waals surface area contributed by atoms with E-state index >= 15 is 0 Å². The molecular weight excluding hydrogens is 655 g/mol. The standard InChI is InChI=1S/C38H39FN6O6/c1-23-20-24(10-15-28(23)39)21-40-32(48)29-30(46)33(49)45-22-37(42-31(47)27-13-11-26(12-14-27)25-8-6-5-7-9-25)16-18-38(19-17-37,36(45)41-29)44(4)35(51)34(50)43(2)3/h5-15,20,46H,16-19,21-22H2,1-4H3,(H,40,48)(H,42,47). The molecule has 0 spiro atoms. The van der Waals surface area contributed by atoms with E-state index in [9.17, 15) is 33.5 Å². The highest BCUT2D eigenvalue weighted by molar-refractivity contribution is 6.34. The highest BCUT2D eigenvalue weighted by Gasteiger charge is 2.55. The molecule has 51 heavy (non-hydrogen) atoms. The van der Waals surface area contributed by atoms with Gasteiger partial charge in [0.2, 0.25) is 5.75 Å². The molecule has 13 heteroatoms. The molecule has 3 N–H and O–H groups in total. The van der Waals surface area contributed by atoms with Crippen LogP contribution in [0.3, 0.4) is 0 Å². The van der Waals surface area contributed by atoms with Crippen LogP contribution >= 0.6 is 0 Å². The second kappa shape index (κ2) is 13.5. The number of nitrogens with zero attached hydrogens (tertiary/aromatic N) is 4. The Morgan fingerprint density at radius 3 is 2.16 bits per heavy atom. The van der Waals surface area contributed by atoms with Crippen LogP contribution in [0.5, 0.6) is 5.75 Å². The lowest BCUT2D eigenvalue weighted by Gasteiger charge is -2.46. The lowest BCUT2D eigenvalue weighted by atomic mass is 9.72. The number of carbonyl (C=O) groups excluding carboxylic acids is 4. The molecule has 7 rings (SSSR count). The van der Waals surface area contributed by atoms with Crippen LogP contribution in [-0.2, 0) is 28.2 Å². The van der Waals surface area contributed by atoms with Gasteiger partial charge < -0.3 is 25.5 Å². The van der Waals surface area contributed by atoms with E-state index in [0.717, 1.165) is 16.0 Å². The number of carbonyl (C=O) groups is 4. The molecule has 0 atom stereocenters. The number of aryl methyl sites for hydroxylation is 1. The van der Waals surface area contributed by atoms with Crippen LogP contribution in [0.1, 0.15) is 63.5 Å². The van der Waals surface area contributed by atoms with Gasteiger partial charge in [0, 0.05) is 33.3 Å². The van der Waals surface area contributed by atoms with Gasteiger partial charge in [0.25, 0.3) is 17.4 Å². The van der Waals surface area contributed by atoms with Gasteiger partial charge in [-0.05, 0) is 73.1 Å². The zero-order valence-corrected chi connectivity index (χ0v) is 28.8. The number of hydrogen-bond acceptors (Lipinski definition) is 7. The van der Waals surface area contributed by atoms with Crippen molar-refractivity contribution in [3.05, 3.63) is 117 Å². The van der Waals surface area contributed by atoms with E-state index in [-0.39, 0.29) is 37.7 Å². The molecule has 3 aliphatic rings. The predicted molar refractivity (Wildman–Crippen MR) is 186 cm³/mol. The van der Waals surface area contributed by atoms with Crippen LogP contribution in [0.2, 0.25) is 0 Å². The highest BCUT2D eigenvalue weighted by Crippen LogP contribution is 2.48. The molecule has 12 nitrogen and oxygen atoms in total. The summed E-state index contributed by atoms with van der Waals surface area (Å²) in [5.74, 6) is -4.14. The van der Waals surface area contributed by atoms with Crippen LogP contribution in [0.15, 0.2) is 77.6 Å². The van der Waals surface area contributed by atoms with E-state index in [0.29, 0.717) is 29.5 Å². The third-order valence-corrected chi connectivity index (χ3v) is 10.1. The number of hydrogen-bond donors (Lipinski definition) is 3. The lowest BCUT2D eigenvalue weighted by Crippen LogP contribution is -2.57. The third kappa shape index (κ3) is 6.46. The fourth-order valence-corrected chi connectivity index (χ4v) is 7.05. The van der Waals surface area contributed by atoms with Gasteiger partial charge in [0.05, 0.1) is 12.1 Å². The Morgan fingerprint density at radius 1 is 0.882 bits per heavy atom. The van der Waals surface area contributed by atoms with E-state index in [2.05, 4.69) is 15.6 Å². The van der Waals surface area contributed by atoms with Crippen molar-refractivity contribution in [2.45, 2.75) is 56.8 Å². The molecule has 264 valence electrons. The molecule has 1 aliphatic carbocycles. The quantitative estimate of drug-likeness (QED) is 0.251. The molecule has 1 fully saturated rings. The molecular formula is C38H39FN6O6. The summed E-state index contributed by atoms with van der Waals surface area (Å²) >= 11 is 0. The first-order chi connectivity index (χ1) is 24.2. The van der Waals surface area contributed by atoms with Crippen LogP contribution in [0.25, 0.3) is 11.1 Å². The molecule has 4 aromatic rings. The van der Waals surface area contributed by atoms with Crippen molar-refractivity contribution in [1.29, 1.82) is 0 Å². The Kier molecular flexibility index (Phi) is 9.24. The first-order valence-corrected chi connectivity index (χ1v) is 16.6. The van der Waals surface area contributed by atoms with Gasteiger partial charge in [-0.1, -0.05) is 54.6 Å². The van der Waals surface area contributed by atoms with Gasteiger partial charge >= 0.3 is 11.8 Å². The largest absolute Gasteiger partial charge is 0.501 e. The summed E-state index contributed by atoms with van der Waals surface area (Å²) in [6.07, 6.45) is 0.972. The number of aromatic hydroxyl groups is 1. The van der Waals surface area contributed by atoms with Gasteiger partial charge in [-0.15, -0.1) is 0 Å². The summed E-state index contributed by atoms with van der Waals surface area (Å²) in [6.45, 7) is 1.45. The van der Waals surface area contributed by atoms with Gasteiger partial charge in [-0.2, -0.15) is 0 Å². The highest BCUT2D eigenvalue weighted by atomic mass is 19.1. The predicted octanol–water partition coefficient (Wildman–Crippen LogP) is 3.49. The third-order valence-electron chi connectivity index (χ3n) is 10.1. The number of nitrogens with one attached hydrogen (secondary N) is 2. The number of amides is 4. The molecule has 2 aliphatic heterocycles. The molecule has 1 saturated carbocycles. The van der Waals surface area contributed by atoms with Gasteiger partial charge in [-0.25, -0.2) is 9.37 Å². The maximum Gasteiger partial charge on any atom is 0.312 e. The maximum atomic E-state index is 14.0. The first kappa shape index (κ1) is 35.0. The van der Waals surface area contributed by atoms with Crippen molar-refractivity contribution in [3.63, 3.8) is 0 Å². The average molecular weight is 695 g/mol. The average Bonchev–Trinajstić information content (AvgIpc) is 3.36. The van der Waals surface area contributed by atoms with Crippen molar-refractivity contribution in [1.82, 2.24) is 30.0 Å². The number of halogens is 1. The van der Waals surface area contributed by atoms with Crippen LogP contribution in [0.4, 0.5) is 4.39 Å². The summed E-state index contributed by atoms with van der Waals surface area (Å²) in [7, 11) is 4.35. The number of likely N-dealkylation sites (N-methyl/N-ethyl adjacent to an activating group) is 2. The summed E-state index contributed by atoms with van der Waals surface area (Å²) in [5.41, 5.74) is -0.473.